The lowest BCUT2D eigenvalue weighted by Gasteiger charge is -2.30. The van der Waals surface area contributed by atoms with Gasteiger partial charge in [-0.15, -0.1) is 0 Å². The van der Waals surface area contributed by atoms with Crippen LogP contribution < -0.4 is 4.74 Å². The van der Waals surface area contributed by atoms with Crippen LogP contribution in [0.15, 0.2) is 47.6 Å². The summed E-state index contributed by atoms with van der Waals surface area (Å²) in [5.74, 6) is 0.896. The highest BCUT2D eigenvalue weighted by Crippen LogP contribution is 2.41. The van der Waals surface area contributed by atoms with Crippen LogP contribution in [0.1, 0.15) is 23.6 Å². The molecule has 0 saturated carbocycles. The molecule has 0 bridgehead atoms. The zero-order valence-electron chi connectivity index (χ0n) is 11.1. The minimum atomic E-state index is 0.193. The van der Waals surface area contributed by atoms with E-state index >= 15 is 0 Å². The molecule has 0 aliphatic carbocycles. The van der Waals surface area contributed by atoms with Gasteiger partial charge in [-0.25, -0.2) is 0 Å². The van der Waals surface area contributed by atoms with E-state index < -0.39 is 0 Å². The lowest BCUT2D eigenvalue weighted by Crippen LogP contribution is -2.29. The van der Waals surface area contributed by atoms with Gasteiger partial charge < -0.3 is 4.74 Å². The molecule has 0 unspecified atom stereocenters. The normalized spacial score (nSPS) is 19.6. The third-order valence-corrected chi connectivity index (χ3v) is 4.34. The molecule has 21 heavy (non-hydrogen) atoms. The van der Waals surface area contributed by atoms with Crippen molar-refractivity contribution < 1.29 is 4.74 Å². The quantitative estimate of drug-likeness (QED) is 0.773. The highest BCUT2D eigenvalue weighted by Gasteiger charge is 2.34. The van der Waals surface area contributed by atoms with Crippen LogP contribution >= 0.6 is 23.2 Å². The predicted octanol–water partition coefficient (Wildman–Crippen LogP) is 4.49. The number of rotatable bonds is 1. The fraction of sp³-hybridized carbons (Fsp3) is 0.188. The summed E-state index contributed by atoms with van der Waals surface area (Å²) in [6.45, 7) is 0.469. The molecular weight excluding hydrogens is 307 g/mol. The molecule has 0 amide bonds. The Kier molecular flexibility index (Phi) is 3.05. The van der Waals surface area contributed by atoms with Gasteiger partial charge in [0.25, 0.3) is 0 Å². The van der Waals surface area contributed by atoms with Crippen LogP contribution in [0.3, 0.4) is 0 Å². The summed E-state index contributed by atoms with van der Waals surface area (Å²) in [7, 11) is 0. The zero-order valence-corrected chi connectivity index (χ0v) is 12.6. The fourth-order valence-corrected chi connectivity index (χ4v) is 3.11. The van der Waals surface area contributed by atoms with Gasteiger partial charge in [0, 0.05) is 22.0 Å². The largest absolute Gasteiger partial charge is 0.471 e. The Balaban J connectivity index is 1.68. The minimum Gasteiger partial charge on any atom is -0.471 e. The lowest BCUT2D eigenvalue weighted by atomic mass is 9.97. The van der Waals surface area contributed by atoms with Crippen molar-refractivity contribution in [2.24, 2.45) is 5.10 Å². The second-order valence-corrected chi connectivity index (χ2v) is 6.04. The highest BCUT2D eigenvalue weighted by molar-refractivity contribution is 6.31. The van der Waals surface area contributed by atoms with Gasteiger partial charge in [0.15, 0.2) is 6.73 Å². The first kappa shape index (κ1) is 13.0. The van der Waals surface area contributed by atoms with Crippen LogP contribution in [0.5, 0.6) is 5.75 Å². The Morgan fingerprint density at radius 1 is 1.05 bits per heavy atom. The second-order valence-electron chi connectivity index (χ2n) is 5.17. The maximum absolute atomic E-state index is 6.11. The van der Waals surface area contributed by atoms with Gasteiger partial charge in [-0.1, -0.05) is 35.3 Å². The number of hydrogen-bond acceptors (Lipinski definition) is 3. The summed E-state index contributed by atoms with van der Waals surface area (Å²) >= 11 is 12.1. The second kappa shape index (κ2) is 4.93. The number of ether oxygens (including phenoxy) is 1. The van der Waals surface area contributed by atoms with Crippen LogP contribution in [0.2, 0.25) is 10.0 Å². The van der Waals surface area contributed by atoms with E-state index in [1.165, 1.54) is 0 Å². The molecule has 3 nitrogen and oxygen atoms in total. The van der Waals surface area contributed by atoms with E-state index in [2.05, 4.69) is 5.10 Å². The Bertz CT molecular complexity index is 728. The number of benzene rings is 2. The molecule has 0 radical (unpaired) electrons. The summed E-state index contributed by atoms with van der Waals surface area (Å²) in [5.41, 5.74) is 3.24. The summed E-state index contributed by atoms with van der Waals surface area (Å²) in [6, 6.07) is 13.7. The molecule has 2 aliphatic heterocycles. The number of hydrazone groups is 1. The SMILES string of the molecule is Clc1ccc(C2=NN3COc4ccc(Cl)cc4[C@@H]3C2)cc1. The van der Waals surface area contributed by atoms with Gasteiger partial charge in [0.2, 0.25) is 0 Å². The number of fused-ring (bicyclic) bond motifs is 3. The van der Waals surface area contributed by atoms with Crippen molar-refractivity contribution in [1.82, 2.24) is 5.01 Å². The van der Waals surface area contributed by atoms with Crippen molar-refractivity contribution in [1.29, 1.82) is 0 Å². The molecule has 0 saturated heterocycles. The van der Waals surface area contributed by atoms with Crippen molar-refractivity contribution in [3.8, 4) is 5.75 Å². The van der Waals surface area contributed by atoms with Gasteiger partial charge in [-0.05, 0) is 35.9 Å². The zero-order chi connectivity index (χ0) is 14.4. The van der Waals surface area contributed by atoms with Gasteiger partial charge >= 0.3 is 0 Å². The average molecular weight is 319 g/mol. The van der Waals surface area contributed by atoms with Gasteiger partial charge in [0.05, 0.1) is 11.8 Å². The molecule has 2 heterocycles. The third kappa shape index (κ3) is 2.27. The fourth-order valence-electron chi connectivity index (χ4n) is 2.81. The van der Waals surface area contributed by atoms with Crippen molar-refractivity contribution in [3.05, 3.63) is 63.6 Å². The predicted molar refractivity (Wildman–Crippen MR) is 84.1 cm³/mol. The van der Waals surface area contributed by atoms with Crippen LogP contribution in [0.25, 0.3) is 0 Å². The molecule has 1 atom stereocenters. The molecule has 0 spiro atoms. The molecule has 106 valence electrons. The van der Waals surface area contributed by atoms with Crippen molar-refractivity contribution >= 4 is 28.9 Å². The molecule has 2 aromatic carbocycles. The van der Waals surface area contributed by atoms with E-state index in [1.54, 1.807) is 0 Å². The first-order valence-electron chi connectivity index (χ1n) is 6.73. The molecule has 2 aliphatic rings. The first-order chi connectivity index (χ1) is 10.2. The van der Waals surface area contributed by atoms with Crippen LogP contribution in [0, 0.1) is 0 Å². The smallest absolute Gasteiger partial charge is 0.177 e. The Morgan fingerprint density at radius 2 is 1.81 bits per heavy atom. The van der Waals surface area contributed by atoms with Crippen molar-refractivity contribution in [2.45, 2.75) is 12.5 Å². The van der Waals surface area contributed by atoms with Crippen LogP contribution in [-0.4, -0.2) is 17.5 Å². The van der Waals surface area contributed by atoms with E-state index in [0.29, 0.717) is 6.73 Å². The first-order valence-corrected chi connectivity index (χ1v) is 7.48. The van der Waals surface area contributed by atoms with Crippen molar-refractivity contribution in [2.75, 3.05) is 6.73 Å². The number of halogens is 2. The summed E-state index contributed by atoms with van der Waals surface area (Å²) in [4.78, 5) is 0. The Hall–Kier alpha value is -1.71. The van der Waals surface area contributed by atoms with Crippen LogP contribution in [0.4, 0.5) is 0 Å². The molecular formula is C16H12Cl2N2O. The number of hydrogen-bond donors (Lipinski definition) is 0. The molecule has 0 aromatic heterocycles. The van der Waals surface area contributed by atoms with Crippen LogP contribution in [-0.2, 0) is 0 Å². The van der Waals surface area contributed by atoms with E-state index in [9.17, 15) is 0 Å². The maximum atomic E-state index is 6.11. The molecule has 0 fully saturated rings. The minimum absolute atomic E-state index is 0.193. The monoisotopic (exact) mass is 318 g/mol. The lowest BCUT2D eigenvalue weighted by molar-refractivity contribution is 0.0750. The van der Waals surface area contributed by atoms with E-state index in [-0.39, 0.29) is 6.04 Å². The molecule has 2 aromatic rings. The van der Waals surface area contributed by atoms with E-state index in [4.69, 9.17) is 27.9 Å². The van der Waals surface area contributed by atoms with Gasteiger partial charge in [-0.2, -0.15) is 5.10 Å². The third-order valence-electron chi connectivity index (χ3n) is 3.86. The molecule has 5 heteroatoms. The van der Waals surface area contributed by atoms with Gasteiger partial charge in [-0.3, -0.25) is 5.01 Å². The van der Waals surface area contributed by atoms with E-state index in [0.717, 1.165) is 39.1 Å². The molecule has 4 rings (SSSR count). The van der Waals surface area contributed by atoms with Gasteiger partial charge in [0.1, 0.15) is 5.75 Å². The summed E-state index contributed by atoms with van der Waals surface area (Å²) in [6.07, 6.45) is 0.846. The highest BCUT2D eigenvalue weighted by atomic mass is 35.5. The molecule has 0 N–H and O–H groups in total. The Morgan fingerprint density at radius 3 is 2.62 bits per heavy atom. The number of nitrogens with zero attached hydrogens (tertiary/aromatic N) is 2. The Labute approximate surface area is 132 Å². The van der Waals surface area contributed by atoms with E-state index in [1.807, 2.05) is 47.5 Å². The summed E-state index contributed by atoms with van der Waals surface area (Å²) < 4.78 is 5.73. The standard InChI is InChI=1S/C16H12Cl2N2O/c17-11-3-1-10(2-4-11)14-8-15-13-7-12(18)5-6-16(13)21-9-20(15)19-14/h1-7,15H,8-9H2/t15-/m0/s1. The topological polar surface area (TPSA) is 24.8 Å². The van der Waals surface area contributed by atoms with Crippen molar-refractivity contribution in [3.63, 3.8) is 0 Å². The maximum Gasteiger partial charge on any atom is 0.177 e. The average Bonchev–Trinajstić information content (AvgIpc) is 2.92. The summed E-state index contributed by atoms with van der Waals surface area (Å²) in [5, 5.41) is 8.11.